The maximum absolute atomic E-state index is 12.4. The van der Waals surface area contributed by atoms with Crippen molar-refractivity contribution in [2.45, 2.75) is 32.1 Å². The highest BCUT2D eigenvalue weighted by molar-refractivity contribution is 5.74. The Kier molecular flexibility index (Phi) is 5.61. The molecule has 1 spiro atoms. The summed E-state index contributed by atoms with van der Waals surface area (Å²) in [6.07, 6.45) is 5.30. The number of carbonyl (C=O) groups excluding carboxylic acids is 1. The van der Waals surface area contributed by atoms with Gasteiger partial charge < -0.3 is 19.7 Å². The van der Waals surface area contributed by atoms with Crippen molar-refractivity contribution in [1.82, 2.24) is 10.2 Å². The molecule has 1 aromatic carbocycles. The van der Waals surface area contributed by atoms with Crippen LogP contribution >= 0.6 is 0 Å². The first-order chi connectivity index (χ1) is 11.7. The first-order valence-corrected chi connectivity index (χ1v) is 8.95. The van der Waals surface area contributed by atoms with Crippen LogP contribution in [-0.4, -0.2) is 50.9 Å². The number of hydrogen-bond donors (Lipinski definition) is 1. The zero-order valence-corrected chi connectivity index (χ0v) is 14.6. The molecule has 2 saturated heterocycles. The Morgan fingerprint density at radius 2 is 1.92 bits per heavy atom. The number of para-hydroxylation sites is 1. The van der Waals surface area contributed by atoms with Gasteiger partial charge in [-0.05, 0) is 49.1 Å². The number of ether oxygens (including phenoxy) is 2. The van der Waals surface area contributed by atoms with E-state index < -0.39 is 0 Å². The van der Waals surface area contributed by atoms with E-state index in [-0.39, 0.29) is 6.03 Å². The average Bonchev–Trinajstić information content (AvgIpc) is 2.63. The second kappa shape index (κ2) is 7.88. The van der Waals surface area contributed by atoms with Crippen LogP contribution in [0.15, 0.2) is 24.3 Å². The number of nitrogens with zero attached hydrogens (tertiary/aromatic N) is 1. The molecule has 0 saturated carbocycles. The standard InChI is InChI=1S/C19H28N2O3/c1-23-17-5-3-2-4-16(17)6-11-20-18(22)21-12-7-19(8-13-21)9-14-24-15-10-19/h2-5H,6-15H2,1H3,(H,20,22). The largest absolute Gasteiger partial charge is 0.496 e. The van der Waals surface area contributed by atoms with Gasteiger partial charge in [-0.25, -0.2) is 4.79 Å². The normalized spacial score (nSPS) is 20.0. The quantitative estimate of drug-likeness (QED) is 0.922. The summed E-state index contributed by atoms with van der Waals surface area (Å²) >= 11 is 0. The average molecular weight is 332 g/mol. The fourth-order valence-corrected chi connectivity index (χ4v) is 3.81. The van der Waals surface area contributed by atoms with Crippen LogP contribution in [0.3, 0.4) is 0 Å². The number of hydrogen-bond acceptors (Lipinski definition) is 3. The van der Waals surface area contributed by atoms with E-state index in [1.165, 1.54) is 0 Å². The van der Waals surface area contributed by atoms with Gasteiger partial charge in [-0.3, -0.25) is 0 Å². The van der Waals surface area contributed by atoms with Gasteiger partial charge in [-0.15, -0.1) is 0 Å². The van der Waals surface area contributed by atoms with Crippen LogP contribution in [0, 0.1) is 5.41 Å². The van der Waals surface area contributed by atoms with E-state index in [1.807, 2.05) is 29.2 Å². The van der Waals surface area contributed by atoms with Crippen LogP contribution in [0.2, 0.25) is 0 Å². The van der Waals surface area contributed by atoms with Crippen molar-refractivity contribution in [3.05, 3.63) is 29.8 Å². The molecule has 0 aromatic heterocycles. The van der Waals surface area contributed by atoms with Gasteiger partial charge in [-0.2, -0.15) is 0 Å². The first kappa shape index (κ1) is 17.1. The van der Waals surface area contributed by atoms with Crippen LogP contribution in [-0.2, 0) is 11.2 Å². The monoisotopic (exact) mass is 332 g/mol. The van der Waals surface area contributed by atoms with E-state index >= 15 is 0 Å². The number of carbonyl (C=O) groups is 1. The summed E-state index contributed by atoms with van der Waals surface area (Å²) in [5.74, 6) is 0.881. The van der Waals surface area contributed by atoms with Crippen molar-refractivity contribution in [3.63, 3.8) is 0 Å². The Hall–Kier alpha value is -1.75. The summed E-state index contributed by atoms with van der Waals surface area (Å²) in [6, 6.07) is 8.01. The molecule has 3 rings (SSSR count). The molecule has 1 aromatic rings. The van der Waals surface area contributed by atoms with E-state index in [9.17, 15) is 4.79 Å². The van der Waals surface area contributed by atoms with Crippen LogP contribution in [0.25, 0.3) is 0 Å². The third kappa shape index (κ3) is 4.01. The molecule has 2 aliphatic rings. The van der Waals surface area contributed by atoms with E-state index in [2.05, 4.69) is 5.32 Å². The van der Waals surface area contributed by atoms with E-state index in [0.29, 0.717) is 12.0 Å². The second-order valence-electron chi connectivity index (χ2n) is 6.89. The van der Waals surface area contributed by atoms with Crippen molar-refractivity contribution in [3.8, 4) is 5.75 Å². The lowest BCUT2D eigenvalue weighted by molar-refractivity contribution is -0.0145. The van der Waals surface area contributed by atoms with Crippen molar-refractivity contribution >= 4 is 6.03 Å². The molecule has 5 nitrogen and oxygen atoms in total. The number of benzene rings is 1. The summed E-state index contributed by atoms with van der Waals surface area (Å²) in [5.41, 5.74) is 1.55. The van der Waals surface area contributed by atoms with Crippen LogP contribution in [0.4, 0.5) is 4.79 Å². The fourth-order valence-electron chi connectivity index (χ4n) is 3.81. The third-order valence-electron chi connectivity index (χ3n) is 5.53. The van der Waals surface area contributed by atoms with Crippen molar-refractivity contribution in [1.29, 1.82) is 0 Å². The summed E-state index contributed by atoms with van der Waals surface area (Å²) in [4.78, 5) is 14.3. The van der Waals surface area contributed by atoms with E-state index in [4.69, 9.17) is 9.47 Å². The van der Waals surface area contributed by atoms with Crippen molar-refractivity contribution in [2.75, 3.05) is 40.0 Å². The van der Waals surface area contributed by atoms with Crippen LogP contribution in [0.1, 0.15) is 31.2 Å². The predicted octanol–water partition coefficient (Wildman–Crippen LogP) is 2.84. The van der Waals surface area contributed by atoms with E-state index in [1.54, 1.807) is 7.11 Å². The summed E-state index contributed by atoms with van der Waals surface area (Å²) in [5, 5.41) is 3.05. The van der Waals surface area contributed by atoms with Crippen LogP contribution in [0.5, 0.6) is 5.75 Å². The Balaban J connectivity index is 1.43. The molecule has 0 radical (unpaired) electrons. The molecule has 0 aliphatic carbocycles. The molecule has 24 heavy (non-hydrogen) atoms. The molecule has 1 N–H and O–H groups in total. The van der Waals surface area contributed by atoms with Gasteiger partial charge in [0.25, 0.3) is 0 Å². The van der Waals surface area contributed by atoms with Gasteiger partial charge in [-0.1, -0.05) is 18.2 Å². The summed E-state index contributed by atoms with van der Waals surface area (Å²) in [6.45, 7) is 4.12. The van der Waals surface area contributed by atoms with Gasteiger partial charge in [0.05, 0.1) is 7.11 Å². The van der Waals surface area contributed by atoms with Crippen molar-refractivity contribution < 1.29 is 14.3 Å². The van der Waals surface area contributed by atoms with Gasteiger partial charge >= 0.3 is 6.03 Å². The van der Waals surface area contributed by atoms with E-state index in [0.717, 1.165) is 69.7 Å². The second-order valence-corrected chi connectivity index (χ2v) is 6.89. The molecular formula is C19H28N2O3. The van der Waals surface area contributed by atoms with Crippen molar-refractivity contribution in [2.24, 2.45) is 5.41 Å². The number of methoxy groups -OCH3 is 1. The highest BCUT2D eigenvalue weighted by Crippen LogP contribution is 2.40. The minimum atomic E-state index is 0.0619. The van der Waals surface area contributed by atoms with Gasteiger partial charge in [0, 0.05) is 32.8 Å². The SMILES string of the molecule is COc1ccccc1CCNC(=O)N1CCC2(CCOCC2)CC1. The number of rotatable bonds is 4. The molecule has 2 amide bonds. The minimum absolute atomic E-state index is 0.0619. The maximum Gasteiger partial charge on any atom is 0.317 e. The summed E-state index contributed by atoms with van der Waals surface area (Å²) in [7, 11) is 1.68. The summed E-state index contributed by atoms with van der Waals surface area (Å²) < 4.78 is 10.8. The molecular weight excluding hydrogens is 304 g/mol. The molecule has 2 fully saturated rings. The Morgan fingerprint density at radius 3 is 2.62 bits per heavy atom. The van der Waals surface area contributed by atoms with Gasteiger partial charge in [0.1, 0.15) is 5.75 Å². The highest BCUT2D eigenvalue weighted by atomic mass is 16.5. The zero-order valence-electron chi connectivity index (χ0n) is 14.6. The maximum atomic E-state index is 12.4. The Morgan fingerprint density at radius 1 is 1.21 bits per heavy atom. The Bertz CT molecular complexity index is 545. The number of likely N-dealkylation sites (tertiary alicyclic amines) is 1. The molecule has 0 bridgehead atoms. The first-order valence-electron chi connectivity index (χ1n) is 8.95. The molecule has 0 unspecified atom stereocenters. The lowest BCUT2D eigenvalue weighted by Crippen LogP contribution is -2.49. The molecule has 2 aliphatic heterocycles. The number of piperidine rings is 1. The highest BCUT2D eigenvalue weighted by Gasteiger charge is 2.37. The smallest absolute Gasteiger partial charge is 0.317 e. The minimum Gasteiger partial charge on any atom is -0.496 e. The zero-order chi connectivity index (χ0) is 16.8. The number of nitrogens with one attached hydrogen (secondary N) is 1. The molecule has 0 atom stereocenters. The topological polar surface area (TPSA) is 50.8 Å². The lowest BCUT2D eigenvalue weighted by Gasteiger charge is -2.44. The number of amides is 2. The third-order valence-corrected chi connectivity index (χ3v) is 5.53. The molecule has 132 valence electrons. The van der Waals surface area contributed by atoms with Crippen LogP contribution < -0.4 is 10.1 Å². The predicted molar refractivity (Wildman–Crippen MR) is 93.4 cm³/mol. The van der Waals surface area contributed by atoms with Gasteiger partial charge in [0.15, 0.2) is 0 Å². The lowest BCUT2D eigenvalue weighted by atomic mass is 9.72. The van der Waals surface area contributed by atoms with Gasteiger partial charge in [0.2, 0.25) is 0 Å². The Labute approximate surface area is 144 Å². The molecule has 2 heterocycles. The molecule has 5 heteroatoms. The fraction of sp³-hybridized carbons (Fsp3) is 0.632. The number of urea groups is 1.